The monoisotopic (exact) mass is 470 g/mol. The first kappa shape index (κ1) is 21.5. The van der Waals surface area contributed by atoms with Crippen LogP contribution in [0.25, 0.3) is 0 Å². The van der Waals surface area contributed by atoms with Crippen molar-refractivity contribution in [3.63, 3.8) is 0 Å². The minimum absolute atomic E-state index is 0.0780. The molecule has 0 radical (unpaired) electrons. The number of esters is 3. The lowest BCUT2D eigenvalue weighted by atomic mass is 9.78. The van der Waals surface area contributed by atoms with Crippen molar-refractivity contribution >= 4 is 17.9 Å². The summed E-state index contributed by atoms with van der Waals surface area (Å²) in [6.07, 6.45) is -15.0. The Morgan fingerprint density at radius 2 is 1.69 bits per heavy atom. The van der Waals surface area contributed by atoms with Crippen LogP contribution in [0.2, 0.25) is 0 Å². The van der Waals surface area contributed by atoms with Crippen molar-refractivity contribution < 1.29 is 59.7 Å². The molecule has 0 aromatic heterocycles. The summed E-state index contributed by atoms with van der Waals surface area (Å²) in [6.45, 7) is 0. The van der Waals surface area contributed by atoms with Crippen LogP contribution in [0.3, 0.4) is 0 Å². The molecule has 2 saturated carbocycles. The Morgan fingerprint density at radius 3 is 2.25 bits per heavy atom. The number of hydrogen-bond donors (Lipinski definition) is 0. The van der Waals surface area contributed by atoms with E-state index in [1.54, 1.807) is 12.2 Å². The van der Waals surface area contributed by atoms with E-state index in [-0.39, 0.29) is 12.5 Å². The van der Waals surface area contributed by atoms with Crippen LogP contribution in [0.15, 0.2) is 12.2 Å². The Balaban J connectivity index is 1.35. The smallest absolute Gasteiger partial charge is 0.434 e. The first-order valence-corrected chi connectivity index (χ1v) is 9.95. The largest absolute Gasteiger partial charge is 0.458 e. The summed E-state index contributed by atoms with van der Waals surface area (Å²) in [5, 5.41) is 0. The highest BCUT2D eigenvalue weighted by molar-refractivity contribution is 5.86. The molecular weight excluding hydrogens is 454 g/mol. The molecule has 5 aliphatic rings. The van der Waals surface area contributed by atoms with Crippen molar-refractivity contribution in [1.29, 1.82) is 0 Å². The predicted molar refractivity (Wildman–Crippen MR) is 86.2 cm³/mol. The fourth-order valence-electron chi connectivity index (χ4n) is 5.71. The number of fused-ring (bicyclic) bond motifs is 3. The fourth-order valence-corrected chi connectivity index (χ4v) is 5.71. The van der Waals surface area contributed by atoms with E-state index < -0.39 is 84.3 Å². The molecule has 32 heavy (non-hydrogen) atoms. The number of ether oxygens (including phenoxy) is 4. The molecule has 9 atom stereocenters. The van der Waals surface area contributed by atoms with Gasteiger partial charge in [0.1, 0.15) is 12.2 Å². The Kier molecular flexibility index (Phi) is 4.61. The third kappa shape index (κ3) is 3.19. The van der Waals surface area contributed by atoms with Gasteiger partial charge in [0.25, 0.3) is 6.10 Å². The Labute approximate surface area is 176 Å². The minimum atomic E-state index is -5.88. The zero-order valence-corrected chi connectivity index (χ0v) is 16.0. The van der Waals surface area contributed by atoms with E-state index in [2.05, 4.69) is 4.74 Å². The number of carbonyl (C=O) groups is 3. The van der Waals surface area contributed by atoms with Crippen molar-refractivity contribution in [3.05, 3.63) is 12.2 Å². The summed E-state index contributed by atoms with van der Waals surface area (Å²) in [7, 11) is 0. The standard InChI is InChI=1S/C19H16F6O7/c20-18(21,22)17(19(23,24)25)32-16(28)11-8-4-7-10(11)15(27)31-13(7)12(8)30-14(26)6-3-5-1-2-9(6)29-5/h1-2,5-13,17H,3-4H2. The van der Waals surface area contributed by atoms with Crippen LogP contribution in [0, 0.1) is 29.6 Å². The van der Waals surface area contributed by atoms with Crippen LogP contribution in [-0.2, 0) is 33.3 Å². The van der Waals surface area contributed by atoms with E-state index >= 15 is 0 Å². The molecule has 0 amide bonds. The molecule has 13 heteroatoms. The number of rotatable bonds is 4. The average Bonchev–Trinajstić information content (AvgIpc) is 3.45. The predicted octanol–water partition coefficient (Wildman–Crippen LogP) is 2.09. The first-order valence-electron chi connectivity index (χ1n) is 9.95. The van der Waals surface area contributed by atoms with Crippen LogP contribution in [0.1, 0.15) is 12.8 Å². The summed E-state index contributed by atoms with van der Waals surface area (Å²) in [5.41, 5.74) is 0. The fraction of sp³-hybridized carbons (Fsp3) is 0.737. The number of hydrogen-bond acceptors (Lipinski definition) is 7. The van der Waals surface area contributed by atoms with E-state index in [4.69, 9.17) is 14.2 Å². The molecule has 7 nitrogen and oxygen atoms in total. The van der Waals surface area contributed by atoms with Gasteiger partial charge in [-0.1, -0.05) is 12.2 Å². The summed E-state index contributed by atoms with van der Waals surface area (Å²) < 4.78 is 97.0. The van der Waals surface area contributed by atoms with Crippen molar-refractivity contribution in [3.8, 4) is 0 Å². The topological polar surface area (TPSA) is 88.1 Å². The van der Waals surface area contributed by atoms with Crippen molar-refractivity contribution in [2.75, 3.05) is 0 Å². The zero-order valence-electron chi connectivity index (χ0n) is 16.0. The van der Waals surface area contributed by atoms with Gasteiger partial charge < -0.3 is 18.9 Å². The molecule has 176 valence electrons. The Hall–Kier alpha value is -2.31. The normalized spacial score (nSPS) is 41.5. The molecule has 0 aromatic rings. The van der Waals surface area contributed by atoms with Gasteiger partial charge in [-0.15, -0.1) is 0 Å². The molecular formula is C19H16F6O7. The summed E-state index contributed by atoms with van der Waals surface area (Å²) in [6, 6.07) is 0. The van der Waals surface area contributed by atoms with Crippen LogP contribution >= 0.6 is 0 Å². The van der Waals surface area contributed by atoms with Gasteiger partial charge in [-0.3, -0.25) is 14.4 Å². The van der Waals surface area contributed by atoms with Crippen LogP contribution in [0.5, 0.6) is 0 Å². The molecule has 4 fully saturated rings. The average molecular weight is 470 g/mol. The Morgan fingerprint density at radius 1 is 1.00 bits per heavy atom. The molecule has 2 aliphatic carbocycles. The molecule has 0 aromatic carbocycles. The molecule has 3 aliphatic heterocycles. The highest BCUT2D eigenvalue weighted by atomic mass is 19.4. The van der Waals surface area contributed by atoms with Crippen molar-refractivity contribution in [2.45, 2.75) is 55.7 Å². The number of alkyl halides is 6. The lowest BCUT2D eigenvalue weighted by Crippen LogP contribution is -2.49. The van der Waals surface area contributed by atoms with E-state index in [9.17, 15) is 40.7 Å². The van der Waals surface area contributed by atoms with E-state index in [0.717, 1.165) is 0 Å². The van der Waals surface area contributed by atoms with Crippen molar-refractivity contribution in [2.24, 2.45) is 29.6 Å². The second kappa shape index (κ2) is 6.84. The maximum absolute atomic E-state index is 12.8. The number of carbonyl (C=O) groups excluding carboxylic acids is 3. The number of halogens is 6. The zero-order chi connectivity index (χ0) is 23.2. The van der Waals surface area contributed by atoms with Gasteiger partial charge in [-0.25, -0.2) is 0 Å². The highest BCUT2D eigenvalue weighted by Crippen LogP contribution is 2.59. The second-order valence-corrected chi connectivity index (χ2v) is 8.68. The van der Waals surface area contributed by atoms with E-state index in [1.165, 1.54) is 0 Å². The van der Waals surface area contributed by atoms with E-state index in [0.29, 0.717) is 6.42 Å². The van der Waals surface area contributed by atoms with Gasteiger partial charge in [0, 0.05) is 11.8 Å². The van der Waals surface area contributed by atoms with Crippen LogP contribution in [0.4, 0.5) is 26.3 Å². The molecule has 0 spiro atoms. The van der Waals surface area contributed by atoms with Gasteiger partial charge >= 0.3 is 30.3 Å². The van der Waals surface area contributed by atoms with Gasteiger partial charge in [-0.2, -0.15) is 26.3 Å². The first-order chi connectivity index (χ1) is 14.9. The minimum Gasteiger partial charge on any atom is -0.458 e. The summed E-state index contributed by atoms with van der Waals surface area (Å²) in [4.78, 5) is 37.4. The van der Waals surface area contributed by atoms with Crippen LogP contribution in [-0.4, -0.2) is 60.8 Å². The molecule has 4 bridgehead atoms. The van der Waals surface area contributed by atoms with E-state index in [1.807, 2.05) is 0 Å². The molecule has 2 saturated heterocycles. The third-order valence-electron chi connectivity index (χ3n) is 6.93. The van der Waals surface area contributed by atoms with Gasteiger partial charge in [-0.05, 0) is 12.8 Å². The SMILES string of the molecule is O=C(OC1C2CC3C1OC(=O)C3C2C(=O)OC(C(F)(F)F)C(F)(F)F)C1CC2C=CC1O2. The van der Waals surface area contributed by atoms with Gasteiger partial charge in [0.05, 0.1) is 30.0 Å². The molecule has 0 N–H and O–H groups in total. The lowest BCUT2D eigenvalue weighted by molar-refractivity contribution is -0.315. The lowest BCUT2D eigenvalue weighted by Gasteiger charge is -2.32. The maximum Gasteiger partial charge on any atom is 0.434 e. The summed E-state index contributed by atoms with van der Waals surface area (Å²) >= 11 is 0. The van der Waals surface area contributed by atoms with Crippen molar-refractivity contribution in [1.82, 2.24) is 0 Å². The van der Waals surface area contributed by atoms with Gasteiger partial charge in [0.15, 0.2) is 0 Å². The Bertz CT molecular complexity index is 868. The maximum atomic E-state index is 12.8. The molecule has 3 heterocycles. The quantitative estimate of drug-likeness (QED) is 0.269. The summed E-state index contributed by atoms with van der Waals surface area (Å²) in [5.74, 6) is -8.58. The molecule has 9 unspecified atom stereocenters. The third-order valence-corrected chi connectivity index (χ3v) is 6.93. The van der Waals surface area contributed by atoms with Gasteiger partial charge in [0.2, 0.25) is 0 Å². The highest BCUT2D eigenvalue weighted by Gasteiger charge is 2.71. The second-order valence-electron chi connectivity index (χ2n) is 8.68. The van der Waals surface area contributed by atoms with Crippen LogP contribution < -0.4 is 0 Å². The molecule has 5 rings (SSSR count).